The van der Waals surface area contributed by atoms with E-state index in [9.17, 15) is 9.59 Å². The monoisotopic (exact) mass is 350 g/mol. The number of rotatable bonds is 8. The second-order valence-corrected chi connectivity index (χ2v) is 7.30. The maximum atomic E-state index is 12.1. The molecule has 6 heteroatoms. The van der Waals surface area contributed by atoms with Crippen molar-refractivity contribution < 1.29 is 9.59 Å². The van der Waals surface area contributed by atoms with E-state index in [0.717, 1.165) is 12.8 Å². The van der Waals surface area contributed by atoms with Crippen LogP contribution in [0.4, 0.5) is 0 Å². The lowest BCUT2D eigenvalue weighted by molar-refractivity contribution is -0.127. The molecule has 1 N–H and O–H groups in total. The summed E-state index contributed by atoms with van der Waals surface area (Å²) in [7, 11) is 0. The first-order valence-corrected chi connectivity index (χ1v) is 9.23. The summed E-state index contributed by atoms with van der Waals surface area (Å²) in [4.78, 5) is 25.6. The summed E-state index contributed by atoms with van der Waals surface area (Å²) >= 11 is 6.69. The van der Waals surface area contributed by atoms with Crippen molar-refractivity contribution in [1.29, 1.82) is 0 Å². The Balaban J connectivity index is 1.63. The molecule has 1 unspecified atom stereocenters. The second-order valence-electron chi connectivity index (χ2n) is 5.46. The fourth-order valence-corrected chi connectivity index (χ4v) is 3.91. The molecule has 1 fully saturated rings. The maximum absolute atomic E-state index is 12.1. The van der Waals surface area contributed by atoms with Gasteiger partial charge in [-0.25, -0.2) is 0 Å². The van der Waals surface area contributed by atoms with Crippen LogP contribution >= 0.6 is 24.0 Å². The first kappa shape index (κ1) is 17.9. The quantitative estimate of drug-likeness (QED) is 0.733. The molecule has 1 aliphatic heterocycles. The molecule has 2 amide bonds. The van der Waals surface area contributed by atoms with Gasteiger partial charge in [-0.1, -0.05) is 61.2 Å². The van der Waals surface area contributed by atoms with E-state index in [-0.39, 0.29) is 17.1 Å². The van der Waals surface area contributed by atoms with E-state index in [0.29, 0.717) is 30.3 Å². The van der Waals surface area contributed by atoms with Crippen LogP contribution in [0.25, 0.3) is 0 Å². The zero-order chi connectivity index (χ0) is 16.7. The van der Waals surface area contributed by atoms with Crippen molar-refractivity contribution in [2.45, 2.75) is 37.9 Å². The minimum Gasteiger partial charge on any atom is -0.356 e. The zero-order valence-corrected chi connectivity index (χ0v) is 14.9. The Hall–Kier alpha value is -1.40. The highest BCUT2D eigenvalue weighted by Crippen LogP contribution is 2.29. The van der Waals surface area contributed by atoms with Crippen LogP contribution in [-0.2, 0) is 16.0 Å². The molecule has 1 heterocycles. The van der Waals surface area contributed by atoms with Crippen LogP contribution in [0, 0.1) is 0 Å². The van der Waals surface area contributed by atoms with Gasteiger partial charge in [0.25, 0.3) is 0 Å². The second kappa shape index (κ2) is 9.03. The molecule has 4 nitrogen and oxygen atoms in total. The molecule has 124 valence electrons. The lowest BCUT2D eigenvalue weighted by Gasteiger charge is -2.15. The molecule has 1 aromatic rings. The summed E-state index contributed by atoms with van der Waals surface area (Å²) in [6.45, 7) is 3.16. The van der Waals surface area contributed by atoms with Crippen molar-refractivity contribution in [3.05, 3.63) is 35.9 Å². The molecule has 0 radical (unpaired) electrons. The molecule has 0 bridgehead atoms. The zero-order valence-electron chi connectivity index (χ0n) is 13.3. The third-order valence-corrected chi connectivity index (χ3v) is 5.49. The summed E-state index contributed by atoms with van der Waals surface area (Å²) < 4.78 is 0.645. The lowest BCUT2D eigenvalue weighted by Crippen LogP contribution is -2.33. The van der Waals surface area contributed by atoms with Crippen LogP contribution in [0.3, 0.4) is 0 Å². The van der Waals surface area contributed by atoms with Gasteiger partial charge in [0.2, 0.25) is 11.8 Å². The smallest absolute Gasteiger partial charge is 0.241 e. The standard InChI is InChI=1S/C17H22N2O2S2/c1-2-14-16(21)19(17(22)23-14)12-6-9-15(20)18-11-10-13-7-4-3-5-8-13/h3-5,7-8,14H,2,6,9-12H2,1H3,(H,18,20). The number of carbonyl (C=O) groups is 2. The summed E-state index contributed by atoms with van der Waals surface area (Å²) in [5.74, 6) is 0.116. The number of benzene rings is 1. The molecule has 0 aliphatic carbocycles. The van der Waals surface area contributed by atoms with Crippen molar-refractivity contribution in [1.82, 2.24) is 10.2 Å². The first-order valence-electron chi connectivity index (χ1n) is 7.94. The van der Waals surface area contributed by atoms with Crippen molar-refractivity contribution in [3.63, 3.8) is 0 Å². The van der Waals surface area contributed by atoms with Crippen LogP contribution < -0.4 is 5.32 Å². The predicted molar refractivity (Wildman–Crippen MR) is 98.4 cm³/mol. The summed E-state index contributed by atoms with van der Waals surface area (Å²) in [6.07, 6.45) is 2.68. The SMILES string of the molecule is CCC1SC(=S)N(CCCC(=O)NCCc2ccccc2)C1=O. The Kier molecular flexibility index (Phi) is 7.05. The average Bonchev–Trinajstić information content (AvgIpc) is 2.83. The van der Waals surface area contributed by atoms with E-state index in [4.69, 9.17) is 12.2 Å². The van der Waals surface area contributed by atoms with Gasteiger partial charge in [0.1, 0.15) is 4.32 Å². The summed E-state index contributed by atoms with van der Waals surface area (Å²) in [5, 5.41) is 2.88. The molecule has 1 saturated heterocycles. The largest absolute Gasteiger partial charge is 0.356 e. The minimum atomic E-state index is -0.0396. The van der Waals surface area contributed by atoms with Gasteiger partial charge in [0.05, 0.1) is 5.25 Å². The van der Waals surface area contributed by atoms with Crippen LogP contribution in [0.1, 0.15) is 31.7 Å². The van der Waals surface area contributed by atoms with E-state index < -0.39 is 0 Å². The van der Waals surface area contributed by atoms with Crippen LogP contribution in [0.15, 0.2) is 30.3 Å². The van der Waals surface area contributed by atoms with Gasteiger partial charge < -0.3 is 5.32 Å². The first-order chi connectivity index (χ1) is 11.1. The lowest BCUT2D eigenvalue weighted by atomic mass is 10.1. The van der Waals surface area contributed by atoms with E-state index >= 15 is 0 Å². The number of hydrogen-bond acceptors (Lipinski definition) is 4. The molecule has 0 saturated carbocycles. The van der Waals surface area contributed by atoms with Gasteiger partial charge in [-0.05, 0) is 24.8 Å². The molecule has 0 spiro atoms. The Bertz CT molecular complexity index is 563. The van der Waals surface area contributed by atoms with Gasteiger partial charge in [-0.3, -0.25) is 14.5 Å². The Morgan fingerprint density at radius 2 is 2.09 bits per heavy atom. The Morgan fingerprint density at radius 1 is 1.35 bits per heavy atom. The van der Waals surface area contributed by atoms with Crippen LogP contribution in [-0.4, -0.2) is 39.4 Å². The number of nitrogens with zero attached hydrogens (tertiary/aromatic N) is 1. The third-order valence-electron chi connectivity index (χ3n) is 3.74. The summed E-state index contributed by atoms with van der Waals surface area (Å²) in [5.41, 5.74) is 1.21. The number of thiocarbonyl (C=S) groups is 1. The highest BCUT2D eigenvalue weighted by Gasteiger charge is 2.34. The molecule has 0 aromatic heterocycles. The number of hydrogen-bond donors (Lipinski definition) is 1. The molecular weight excluding hydrogens is 328 g/mol. The van der Waals surface area contributed by atoms with Crippen molar-refractivity contribution in [2.24, 2.45) is 0 Å². The Labute approximate surface area is 147 Å². The number of nitrogens with one attached hydrogen (secondary N) is 1. The van der Waals surface area contributed by atoms with Gasteiger partial charge in [-0.2, -0.15) is 0 Å². The normalized spacial score (nSPS) is 17.6. The van der Waals surface area contributed by atoms with Crippen LogP contribution in [0.2, 0.25) is 0 Å². The highest BCUT2D eigenvalue weighted by molar-refractivity contribution is 8.24. The number of thioether (sulfide) groups is 1. The van der Waals surface area contributed by atoms with Gasteiger partial charge >= 0.3 is 0 Å². The van der Waals surface area contributed by atoms with E-state index in [1.54, 1.807) is 4.90 Å². The van der Waals surface area contributed by atoms with Gasteiger partial charge in [0, 0.05) is 19.5 Å². The highest BCUT2D eigenvalue weighted by atomic mass is 32.2. The Morgan fingerprint density at radius 3 is 2.74 bits per heavy atom. The molecule has 1 aliphatic rings. The van der Waals surface area contributed by atoms with E-state index in [1.807, 2.05) is 37.3 Å². The molecule has 1 atom stereocenters. The number of carbonyl (C=O) groups excluding carboxylic acids is 2. The molecule has 23 heavy (non-hydrogen) atoms. The van der Waals surface area contributed by atoms with Crippen molar-refractivity contribution in [2.75, 3.05) is 13.1 Å². The average molecular weight is 351 g/mol. The molecule has 2 rings (SSSR count). The van der Waals surface area contributed by atoms with Crippen LogP contribution in [0.5, 0.6) is 0 Å². The summed E-state index contributed by atoms with van der Waals surface area (Å²) in [6, 6.07) is 10.1. The topological polar surface area (TPSA) is 49.4 Å². The fraction of sp³-hybridized carbons (Fsp3) is 0.471. The van der Waals surface area contributed by atoms with E-state index in [2.05, 4.69) is 5.32 Å². The third kappa shape index (κ3) is 5.32. The predicted octanol–water partition coefficient (Wildman–Crippen LogP) is 2.76. The number of amides is 2. The van der Waals surface area contributed by atoms with Crippen molar-refractivity contribution in [3.8, 4) is 0 Å². The molecular formula is C17H22N2O2S2. The minimum absolute atomic E-state index is 0.0261. The maximum Gasteiger partial charge on any atom is 0.241 e. The molecule has 1 aromatic carbocycles. The van der Waals surface area contributed by atoms with Crippen molar-refractivity contribution >= 4 is 40.1 Å². The van der Waals surface area contributed by atoms with Gasteiger partial charge in [-0.15, -0.1) is 0 Å². The fourth-order valence-electron chi connectivity index (χ4n) is 2.44. The van der Waals surface area contributed by atoms with Gasteiger partial charge in [0.15, 0.2) is 0 Å². The van der Waals surface area contributed by atoms with E-state index in [1.165, 1.54) is 17.3 Å².